The Kier molecular flexibility index (Phi) is 3.66. The molecule has 1 aromatic carbocycles. The van der Waals surface area contributed by atoms with Crippen molar-refractivity contribution in [2.45, 2.75) is 0 Å². The smallest absolute Gasteiger partial charge is 0.295 e. The van der Waals surface area contributed by atoms with Crippen LogP contribution in [0.4, 0.5) is 11.4 Å². The summed E-state index contributed by atoms with van der Waals surface area (Å²) >= 11 is 5.81. The second-order valence-electron chi connectivity index (χ2n) is 4.20. The molecule has 0 amide bonds. The van der Waals surface area contributed by atoms with E-state index in [0.29, 0.717) is 5.56 Å². The van der Waals surface area contributed by atoms with Crippen LogP contribution in [0.2, 0.25) is 5.15 Å². The predicted octanol–water partition coefficient (Wildman–Crippen LogP) is 3.38. The molecule has 98 valence electrons. The SMILES string of the molecule is CN(C)c1ccc(-c2nc(Cl)ccc2[N+](=O)[O-])cc1. The number of aromatic nitrogens is 1. The summed E-state index contributed by atoms with van der Waals surface area (Å²) in [5.41, 5.74) is 1.90. The van der Waals surface area contributed by atoms with Crippen LogP contribution in [0.3, 0.4) is 0 Å². The molecule has 1 aromatic heterocycles. The maximum atomic E-state index is 11.0. The van der Waals surface area contributed by atoms with E-state index >= 15 is 0 Å². The van der Waals surface area contributed by atoms with Crippen molar-refractivity contribution in [3.63, 3.8) is 0 Å². The fraction of sp³-hybridized carbons (Fsp3) is 0.154. The standard InChI is InChI=1S/C13H12ClN3O2/c1-16(2)10-5-3-9(4-6-10)13-11(17(18)19)7-8-12(14)15-13/h3-8H,1-2H3. The van der Waals surface area contributed by atoms with Gasteiger partial charge in [-0.3, -0.25) is 10.1 Å². The molecule has 0 atom stereocenters. The topological polar surface area (TPSA) is 59.3 Å². The first-order valence-corrected chi connectivity index (χ1v) is 5.95. The minimum atomic E-state index is -0.460. The van der Waals surface area contributed by atoms with Crippen LogP contribution in [0.5, 0.6) is 0 Å². The second kappa shape index (κ2) is 5.24. The van der Waals surface area contributed by atoms with E-state index in [9.17, 15) is 10.1 Å². The maximum Gasteiger partial charge on any atom is 0.295 e. The summed E-state index contributed by atoms with van der Waals surface area (Å²) in [6, 6.07) is 10.1. The molecule has 0 radical (unpaired) electrons. The number of nitro groups is 1. The molecular formula is C13H12ClN3O2. The van der Waals surface area contributed by atoms with E-state index in [1.165, 1.54) is 12.1 Å². The van der Waals surface area contributed by atoms with Gasteiger partial charge in [0, 0.05) is 31.4 Å². The number of anilines is 1. The normalized spacial score (nSPS) is 10.3. The fourth-order valence-corrected chi connectivity index (χ4v) is 1.85. The summed E-state index contributed by atoms with van der Waals surface area (Å²) in [6.07, 6.45) is 0. The molecular weight excluding hydrogens is 266 g/mol. The zero-order valence-corrected chi connectivity index (χ0v) is 11.3. The number of rotatable bonds is 3. The number of nitrogens with zero attached hydrogens (tertiary/aromatic N) is 3. The minimum Gasteiger partial charge on any atom is -0.378 e. The number of hydrogen-bond donors (Lipinski definition) is 0. The lowest BCUT2D eigenvalue weighted by atomic mass is 10.1. The number of pyridine rings is 1. The highest BCUT2D eigenvalue weighted by atomic mass is 35.5. The van der Waals surface area contributed by atoms with Gasteiger partial charge in [-0.25, -0.2) is 4.98 Å². The van der Waals surface area contributed by atoms with Gasteiger partial charge in [0.2, 0.25) is 0 Å². The molecule has 0 saturated carbocycles. The molecule has 0 aliphatic carbocycles. The van der Waals surface area contributed by atoms with Gasteiger partial charge in [-0.1, -0.05) is 23.7 Å². The molecule has 2 aromatic rings. The third-order valence-corrected chi connectivity index (χ3v) is 2.90. The summed E-state index contributed by atoms with van der Waals surface area (Å²) < 4.78 is 0. The van der Waals surface area contributed by atoms with E-state index in [0.717, 1.165) is 5.69 Å². The average Bonchev–Trinajstić information content (AvgIpc) is 2.38. The van der Waals surface area contributed by atoms with Crippen molar-refractivity contribution < 1.29 is 4.92 Å². The maximum absolute atomic E-state index is 11.0. The third-order valence-electron chi connectivity index (χ3n) is 2.69. The zero-order valence-electron chi connectivity index (χ0n) is 10.5. The molecule has 0 aliphatic heterocycles. The van der Waals surface area contributed by atoms with Crippen molar-refractivity contribution >= 4 is 23.0 Å². The van der Waals surface area contributed by atoms with Crippen molar-refractivity contribution in [1.29, 1.82) is 0 Å². The van der Waals surface area contributed by atoms with Crippen LogP contribution in [0.15, 0.2) is 36.4 Å². The van der Waals surface area contributed by atoms with Crippen LogP contribution >= 0.6 is 11.6 Å². The Hall–Kier alpha value is -2.14. The molecule has 0 N–H and O–H groups in total. The van der Waals surface area contributed by atoms with Gasteiger partial charge in [0.1, 0.15) is 10.8 Å². The Balaban J connectivity index is 2.51. The Labute approximate surface area is 115 Å². The Morgan fingerprint density at radius 3 is 2.32 bits per heavy atom. The first-order chi connectivity index (χ1) is 8.99. The van der Waals surface area contributed by atoms with Crippen molar-refractivity contribution in [2.75, 3.05) is 19.0 Å². The van der Waals surface area contributed by atoms with Crippen LogP contribution < -0.4 is 4.90 Å². The minimum absolute atomic E-state index is 0.0537. The molecule has 2 rings (SSSR count). The molecule has 0 unspecified atom stereocenters. The highest BCUT2D eigenvalue weighted by Crippen LogP contribution is 2.30. The lowest BCUT2D eigenvalue weighted by Gasteiger charge is -2.12. The highest BCUT2D eigenvalue weighted by molar-refractivity contribution is 6.29. The fourth-order valence-electron chi connectivity index (χ4n) is 1.71. The lowest BCUT2D eigenvalue weighted by molar-refractivity contribution is -0.384. The van der Waals surface area contributed by atoms with Gasteiger partial charge in [0.05, 0.1) is 4.92 Å². The summed E-state index contributed by atoms with van der Waals surface area (Å²) in [7, 11) is 3.85. The molecule has 0 spiro atoms. The summed E-state index contributed by atoms with van der Waals surface area (Å²) in [5.74, 6) is 0. The molecule has 5 nitrogen and oxygen atoms in total. The summed E-state index contributed by atoms with van der Waals surface area (Å²) in [4.78, 5) is 16.5. The van der Waals surface area contributed by atoms with Gasteiger partial charge < -0.3 is 4.90 Å². The Morgan fingerprint density at radius 2 is 1.79 bits per heavy atom. The van der Waals surface area contributed by atoms with E-state index in [4.69, 9.17) is 11.6 Å². The first-order valence-electron chi connectivity index (χ1n) is 5.58. The quantitative estimate of drug-likeness (QED) is 0.490. The van der Waals surface area contributed by atoms with Gasteiger partial charge in [0.15, 0.2) is 0 Å². The van der Waals surface area contributed by atoms with Crippen LogP contribution in [-0.4, -0.2) is 24.0 Å². The van der Waals surface area contributed by atoms with Crippen molar-refractivity contribution in [2.24, 2.45) is 0 Å². The molecule has 1 heterocycles. The molecule has 19 heavy (non-hydrogen) atoms. The zero-order chi connectivity index (χ0) is 14.0. The van der Waals surface area contributed by atoms with Crippen molar-refractivity contribution in [3.05, 3.63) is 51.7 Å². The van der Waals surface area contributed by atoms with E-state index < -0.39 is 4.92 Å². The highest BCUT2D eigenvalue weighted by Gasteiger charge is 2.17. The largest absolute Gasteiger partial charge is 0.378 e. The summed E-state index contributed by atoms with van der Waals surface area (Å²) in [5, 5.41) is 11.2. The molecule has 6 heteroatoms. The Morgan fingerprint density at radius 1 is 1.16 bits per heavy atom. The van der Waals surface area contributed by atoms with Crippen LogP contribution in [-0.2, 0) is 0 Å². The van der Waals surface area contributed by atoms with Crippen molar-refractivity contribution in [1.82, 2.24) is 4.98 Å². The van der Waals surface area contributed by atoms with Crippen LogP contribution in [0.25, 0.3) is 11.3 Å². The monoisotopic (exact) mass is 277 g/mol. The molecule has 0 aliphatic rings. The first kappa shape index (κ1) is 13.3. The van der Waals surface area contributed by atoms with Gasteiger partial charge in [-0.15, -0.1) is 0 Å². The van der Waals surface area contributed by atoms with Gasteiger partial charge >= 0.3 is 0 Å². The lowest BCUT2D eigenvalue weighted by Crippen LogP contribution is -2.08. The molecule has 0 bridgehead atoms. The van der Waals surface area contributed by atoms with E-state index in [1.54, 1.807) is 12.1 Å². The summed E-state index contributed by atoms with van der Waals surface area (Å²) in [6.45, 7) is 0. The average molecular weight is 278 g/mol. The third kappa shape index (κ3) is 2.82. The van der Waals surface area contributed by atoms with Crippen LogP contribution in [0.1, 0.15) is 0 Å². The van der Waals surface area contributed by atoms with E-state index in [2.05, 4.69) is 4.98 Å². The number of hydrogen-bond acceptors (Lipinski definition) is 4. The van der Waals surface area contributed by atoms with E-state index in [-0.39, 0.29) is 16.5 Å². The molecule has 0 saturated heterocycles. The van der Waals surface area contributed by atoms with Crippen LogP contribution in [0, 0.1) is 10.1 Å². The van der Waals surface area contributed by atoms with Crippen molar-refractivity contribution in [3.8, 4) is 11.3 Å². The van der Waals surface area contributed by atoms with Gasteiger partial charge in [-0.2, -0.15) is 0 Å². The van der Waals surface area contributed by atoms with Gasteiger partial charge in [0.25, 0.3) is 5.69 Å². The number of benzene rings is 1. The molecule has 0 fully saturated rings. The Bertz CT molecular complexity index is 612. The van der Waals surface area contributed by atoms with Gasteiger partial charge in [-0.05, 0) is 18.2 Å². The number of halogens is 1. The second-order valence-corrected chi connectivity index (χ2v) is 4.59. The van der Waals surface area contributed by atoms with E-state index in [1.807, 2.05) is 31.1 Å². The predicted molar refractivity (Wildman–Crippen MR) is 75.7 cm³/mol.